The van der Waals surface area contributed by atoms with Crippen molar-refractivity contribution in [1.29, 1.82) is 0 Å². The number of anilines is 2. The standard InChI is InChI=1S/C62H69BN2O/c1-34-25-42-53-49(20-18-38-40-31-44-46(33-52(40)66-56(38)53)62(15,16)24-22-60(44,11)12)65(50-32-45-43(27-35(50)2)59(9,10)21-23-61(45,13)14)63-47-30-37(58(6,7)8)29-41-39-28-36(57(3,4)5)17-19-48(39)64(55(41)47)51(26-34)54(42)63/h17-20,25-33H,21-24H2,1-16H3. The van der Waals surface area contributed by atoms with Crippen molar-refractivity contribution in [3.8, 4) is 16.8 Å². The van der Waals surface area contributed by atoms with Gasteiger partial charge in [-0.05, 0) is 188 Å². The predicted octanol–water partition coefficient (Wildman–Crippen LogP) is 15.8. The maximum Gasteiger partial charge on any atom is 0.333 e. The van der Waals surface area contributed by atoms with Gasteiger partial charge in [0.05, 0.1) is 11.0 Å². The molecule has 0 N–H and O–H groups in total. The van der Waals surface area contributed by atoms with Crippen LogP contribution in [0.15, 0.2) is 83.3 Å². The van der Waals surface area contributed by atoms with Gasteiger partial charge < -0.3 is 13.8 Å². The van der Waals surface area contributed by atoms with Crippen molar-refractivity contribution < 1.29 is 4.42 Å². The van der Waals surface area contributed by atoms with Crippen LogP contribution < -0.4 is 15.7 Å². The molecule has 8 aromatic rings. The third-order valence-corrected chi connectivity index (χ3v) is 17.5. The molecule has 0 fully saturated rings. The van der Waals surface area contributed by atoms with Crippen molar-refractivity contribution in [2.24, 2.45) is 0 Å². The molecule has 336 valence electrons. The van der Waals surface area contributed by atoms with Gasteiger partial charge in [0, 0.05) is 44.2 Å². The Morgan fingerprint density at radius 2 is 1.12 bits per heavy atom. The molecule has 0 amide bonds. The molecule has 2 aliphatic heterocycles. The van der Waals surface area contributed by atoms with Crippen LogP contribution in [0.3, 0.4) is 0 Å². The normalized spacial score (nSPS) is 18.8. The molecule has 12 rings (SSSR count). The highest BCUT2D eigenvalue weighted by atomic mass is 16.3. The van der Waals surface area contributed by atoms with Gasteiger partial charge >= 0.3 is 6.85 Å². The zero-order valence-electron chi connectivity index (χ0n) is 42.7. The summed E-state index contributed by atoms with van der Waals surface area (Å²) in [6.07, 6.45) is 4.72. The van der Waals surface area contributed by atoms with Crippen molar-refractivity contribution in [1.82, 2.24) is 4.57 Å². The quantitative estimate of drug-likeness (QED) is 0.153. The second-order valence-corrected chi connectivity index (χ2v) is 26.1. The highest BCUT2D eigenvalue weighted by Crippen LogP contribution is 2.54. The Labute approximate surface area is 394 Å². The average molecular weight is 869 g/mol. The van der Waals surface area contributed by atoms with Crippen LogP contribution in [0.1, 0.15) is 167 Å². The summed E-state index contributed by atoms with van der Waals surface area (Å²) in [5, 5.41) is 5.13. The first kappa shape index (κ1) is 42.2. The Morgan fingerprint density at radius 1 is 0.530 bits per heavy atom. The molecular formula is C62H69BN2O. The molecule has 0 saturated heterocycles. The molecule has 4 heteroatoms. The smallest absolute Gasteiger partial charge is 0.333 e. The fraction of sp³-hybridized carbons (Fsp3) is 0.419. The van der Waals surface area contributed by atoms with E-state index in [1.165, 1.54) is 142 Å². The van der Waals surface area contributed by atoms with Gasteiger partial charge in [0.1, 0.15) is 11.2 Å². The van der Waals surface area contributed by atoms with E-state index in [1.54, 1.807) is 0 Å². The molecule has 0 radical (unpaired) electrons. The summed E-state index contributed by atoms with van der Waals surface area (Å²) >= 11 is 0. The van der Waals surface area contributed by atoms with Gasteiger partial charge in [-0.1, -0.05) is 121 Å². The van der Waals surface area contributed by atoms with Crippen LogP contribution in [0.5, 0.6) is 0 Å². The zero-order valence-corrected chi connectivity index (χ0v) is 42.7. The molecule has 4 heterocycles. The van der Waals surface area contributed by atoms with Crippen LogP contribution in [-0.4, -0.2) is 11.4 Å². The molecule has 0 saturated carbocycles. The molecule has 6 aromatic carbocycles. The van der Waals surface area contributed by atoms with Gasteiger partial charge in [0.25, 0.3) is 0 Å². The SMILES string of the molecule is Cc1cc2c3c(c1)-n1c4ccc(C(C)(C)C)cc4c4cc(C(C)(C)C)cc(c41)B3N(c1cc3c(cc1C)C(C)(C)CCC3(C)C)c1ccc3c(oc4cc5c(cc43)C(C)(C)CCC5(C)C)c1-2. The number of hydrogen-bond donors (Lipinski definition) is 0. The predicted molar refractivity (Wildman–Crippen MR) is 285 cm³/mol. The molecular weight excluding hydrogens is 800 g/mol. The summed E-state index contributed by atoms with van der Waals surface area (Å²) in [7, 11) is 0. The van der Waals surface area contributed by atoms with E-state index in [4.69, 9.17) is 4.42 Å². The third-order valence-electron chi connectivity index (χ3n) is 17.5. The van der Waals surface area contributed by atoms with Crippen LogP contribution in [0.25, 0.3) is 60.6 Å². The van der Waals surface area contributed by atoms with E-state index in [9.17, 15) is 0 Å². The highest BCUT2D eigenvalue weighted by Gasteiger charge is 2.47. The summed E-state index contributed by atoms with van der Waals surface area (Å²) in [6.45, 7) is 38.4. The number of fused-ring (bicyclic) bond motifs is 13. The lowest BCUT2D eigenvalue weighted by atomic mass is 9.43. The second-order valence-electron chi connectivity index (χ2n) is 26.1. The Morgan fingerprint density at radius 3 is 1.76 bits per heavy atom. The topological polar surface area (TPSA) is 21.3 Å². The van der Waals surface area contributed by atoms with E-state index in [0.717, 1.165) is 11.2 Å². The minimum Gasteiger partial charge on any atom is -0.455 e. The number of furan rings is 1. The third kappa shape index (κ3) is 5.63. The first-order valence-electron chi connectivity index (χ1n) is 25.0. The minimum absolute atomic E-state index is 0.0217. The van der Waals surface area contributed by atoms with Gasteiger partial charge in [-0.2, -0.15) is 0 Å². The van der Waals surface area contributed by atoms with Crippen molar-refractivity contribution in [2.45, 2.75) is 169 Å². The van der Waals surface area contributed by atoms with Gasteiger partial charge in [0.15, 0.2) is 0 Å². The van der Waals surface area contributed by atoms with Crippen LogP contribution in [-0.2, 0) is 32.5 Å². The summed E-state index contributed by atoms with van der Waals surface area (Å²) in [6, 6.07) is 32.4. The molecule has 3 nitrogen and oxygen atoms in total. The first-order chi connectivity index (χ1) is 30.8. The van der Waals surface area contributed by atoms with Crippen molar-refractivity contribution >= 4 is 72.9 Å². The first-order valence-corrected chi connectivity index (χ1v) is 25.0. The van der Waals surface area contributed by atoms with Crippen LogP contribution in [0, 0.1) is 13.8 Å². The number of rotatable bonds is 1. The van der Waals surface area contributed by atoms with Crippen molar-refractivity contribution in [3.05, 3.63) is 123 Å². The highest BCUT2D eigenvalue weighted by molar-refractivity contribution is 6.93. The lowest BCUT2D eigenvalue weighted by molar-refractivity contribution is 0.332. The van der Waals surface area contributed by atoms with E-state index < -0.39 is 0 Å². The van der Waals surface area contributed by atoms with Gasteiger partial charge in [0.2, 0.25) is 0 Å². The molecule has 0 atom stereocenters. The average Bonchev–Trinajstić information content (AvgIpc) is 3.77. The van der Waals surface area contributed by atoms with Gasteiger partial charge in [-0.25, -0.2) is 0 Å². The Bertz CT molecular complexity index is 3480. The van der Waals surface area contributed by atoms with Gasteiger partial charge in [-0.15, -0.1) is 0 Å². The van der Waals surface area contributed by atoms with Crippen LogP contribution in [0.2, 0.25) is 0 Å². The van der Waals surface area contributed by atoms with Crippen molar-refractivity contribution in [3.63, 3.8) is 0 Å². The zero-order chi connectivity index (χ0) is 46.7. The van der Waals surface area contributed by atoms with Crippen molar-refractivity contribution in [2.75, 3.05) is 4.81 Å². The number of aromatic nitrogens is 1. The molecule has 66 heavy (non-hydrogen) atoms. The Balaban J connectivity index is 1.25. The number of benzene rings is 6. The Kier molecular flexibility index (Phi) is 8.21. The fourth-order valence-electron chi connectivity index (χ4n) is 13.1. The molecule has 2 aromatic heterocycles. The van der Waals surface area contributed by atoms with Crippen LogP contribution >= 0.6 is 0 Å². The number of nitrogens with zero attached hydrogens (tertiary/aromatic N) is 2. The summed E-state index contributed by atoms with van der Waals surface area (Å²) in [5.74, 6) is 0. The largest absolute Gasteiger partial charge is 0.455 e. The second kappa shape index (κ2) is 12.9. The molecule has 0 bridgehead atoms. The van der Waals surface area contributed by atoms with E-state index >= 15 is 0 Å². The summed E-state index contributed by atoms with van der Waals surface area (Å²) in [5.41, 5.74) is 25.2. The minimum atomic E-state index is -0.0704. The lowest BCUT2D eigenvalue weighted by Gasteiger charge is -2.46. The van der Waals surface area contributed by atoms with Crippen LogP contribution in [0.4, 0.5) is 11.4 Å². The molecule has 0 unspecified atom stereocenters. The molecule has 4 aliphatic rings. The van der Waals surface area contributed by atoms with E-state index in [1.807, 2.05) is 0 Å². The van der Waals surface area contributed by atoms with E-state index in [0.29, 0.717) is 0 Å². The summed E-state index contributed by atoms with van der Waals surface area (Å²) in [4.78, 5) is 2.77. The molecule has 2 aliphatic carbocycles. The Hall–Kier alpha value is -5.22. The monoisotopic (exact) mass is 869 g/mol. The van der Waals surface area contributed by atoms with Gasteiger partial charge in [-0.3, -0.25) is 0 Å². The van der Waals surface area contributed by atoms with E-state index in [2.05, 4.69) is 199 Å². The maximum atomic E-state index is 7.43. The number of aryl methyl sites for hydroxylation is 2. The van der Waals surface area contributed by atoms with E-state index in [-0.39, 0.29) is 39.3 Å². The summed E-state index contributed by atoms with van der Waals surface area (Å²) < 4.78 is 10.1. The maximum absolute atomic E-state index is 7.43. The molecule has 0 spiro atoms. The lowest BCUT2D eigenvalue weighted by Crippen LogP contribution is -2.61. The fourth-order valence-corrected chi connectivity index (χ4v) is 13.1. The number of hydrogen-bond acceptors (Lipinski definition) is 2.